The van der Waals surface area contributed by atoms with Gasteiger partial charge in [-0.1, -0.05) is 23.2 Å². The van der Waals surface area contributed by atoms with Crippen LogP contribution >= 0.6 is 23.2 Å². The van der Waals surface area contributed by atoms with Crippen molar-refractivity contribution < 1.29 is 9.59 Å². The summed E-state index contributed by atoms with van der Waals surface area (Å²) in [4.78, 5) is 34.3. The van der Waals surface area contributed by atoms with E-state index >= 15 is 0 Å². The number of halogens is 2. The highest BCUT2D eigenvalue weighted by molar-refractivity contribution is 6.42. The Kier molecular flexibility index (Phi) is 5.50. The van der Waals surface area contributed by atoms with Gasteiger partial charge in [0, 0.05) is 37.1 Å². The molecule has 2 aromatic rings. The van der Waals surface area contributed by atoms with Gasteiger partial charge in [-0.15, -0.1) is 0 Å². The number of nitrogens with one attached hydrogen (secondary N) is 1. The van der Waals surface area contributed by atoms with Crippen molar-refractivity contribution >= 4 is 35.0 Å². The minimum absolute atomic E-state index is 0.00728. The second kappa shape index (κ2) is 7.80. The quantitative estimate of drug-likeness (QED) is 0.890. The minimum atomic E-state index is -0.197. The molecule has 0 saturated carbocycles. The van der Waals surface area contributed by atoms with Crippen LogP contribution in [0.3, 0.4) is 0 Å². The summed E-state index contributed by atoms with van der Waals surface area (Å²) in [7, 11) is 0. The van der Waals surface area contributed by atoms with Crippen molar-refractivity contribution in [3.05, 3.63) is 58.1 Å². The molecule has 1 aliphatic heterocycles. The molecule has 0 atom stereocenters. The Morgan fingerprint density at radius 2 is 1.88 bits per heavy atom. The number of hydrogen-bond donors (Lipinski definition) is 1. The number of carbonyl (C=O) groups excluding carboxylic acids is 2. The van der Waals surface area contributed by atoms with Crippen LogP contribution in [0.1, 0.15) is 33.7 Å². The topological polar surface area (TPSA) is 75.2 Å². The normalized spacial score (nSPS) is 15.0. The van der Waals surface area contributed by atoms with Crippen LogP contribution in [0.15, 0.2) is 36.8 Å². The second-order valence-electron chi connectivity index (χ2n) is 5.76. The smallest absolute Gasteiger partial charge is 0.274 e. The molecule has 0 spiro atoms. The van der Waals surface area contributed by atoms with Gasteiger partial charge in [-0.05, 0) is 31.0 Å². The summed E-state index contributed by atoms with van der Waals surface area (Å²) in [6, 6.07) is 4.79. The third kappa shape index (κ3) is 4.27. The molecule has 1 saturated heterocycles. The van der Waals surface area contributed by atoms with E-state index in [2.05, 4.69) is 15.3 Å². The molecule has 0 unspecified atom stereocenters. The Balaban J connectivity index is 1.54. The fourth-order valence-electron chi connectivity index (χ4n) is 2.70. The van der Waals surface area contributed by atoms with Gasteiger partial charge in [-0.3, -0.25) is 14.6 Å². The SMILES string of the molecule is O=C(NC1CCN(C(=O)c2cnccn2)CC1)c1ccc(Cl)c(Cl)c1. The zero-order chi connectivity index (χ0) is 17.8. The Bertz CT molecular complexity index is 777. The number of amides is 2. The molecule has 1 N–H and O–H groups in total. The van der Waals surface area contributed by atoms with Gasteiger partial charge in [0.1, 0.15) is 5.69 Å². The molecule has 1 fully saturated rings. The van der Waals surface area contributed by atoms with E-state index in [1.807, 2.05) is 0 Å². The average molecular weight is 379 g/mol. The van der Waals surface area contributed by atoms with Crippen LogP contribution in [0.5, 0.6) is 0 Å². The van der Waals surface area contributed by atoms with E-state index in [1.54, 1.807) is 23.1 Å². The summed E-state index contributed by atoms with van der Waals surface area (Å²) in [5.41, 5.74) is 0.799. The predicted molar refractivity (Wildman–Crippen MR) is 94.9 cm³/mol. The van der Waals surface area contributed by atoms with Crippen LogP contribution in [0.4, 0.5) is 0 Å². The summed E-state index contributed by atoms with van der Waals surface area (Å²) >= 11 is 11.8. The lowest BCUT2D eigenvalue weighted by Crippen LogP contribution is -2.46. The fourth-order valence-corrected chi connectivity index (χ4v) is 3.00. The number of likely N-dealkylation sites (tertiary alicyclic amines) is 1. The maximum Gasteiger partial charge on any atom is 0.274 e. The van der Waals surface area contributed by atoms with Gasteiger partial charge in [-0.25, -0.2) is 4.98 Å². The molecule has 8 heteroatoms. The number of aromatic nitrogens is 2. The summed E-state index contributed by atoms with van der Waals surface area (Å²) in [5, 5.41) is 3.73. The third-order valence-electron chi connectivity index (χ3n) is 4.08. The number of hydrogen-bond acceptors (Lipinski definition) is 4. The first-order valence-electron chi connectivity index (χ1n) is 7.86. The molecule has 1 aromatic heterocycles. The molecular formula is C17H16Cl2N4O2. The van der Waals surface area contributed by atoms with Crippen LogP contribution in [0, 0.1) is 0 Å². The first-order chi connectivity index (χ1) is 12.0. The van der Waals surface area contributed by atoms with Crippen molar-refractivity contribution in [2.45, 2.75) is 18.9 Å². The van der Waals surface area contributed by atoms with Gasteiger partial charge in [0.05, 0.1) is 16.2 Å². The lowest BCUT2D eigenvalue weighted by atomic mass is 10.0. The molecule has 0 radical (unpaired) electrons. The molecule has 130 valence electrons. The van der Waals surface area contributed by atoms with Crippen molar-refractivity contribution in [3.8, 4) is 0 Å². The highest BCUT2D eigenvalue weighted by atomic mass is 35.5. The molecule has 6 nitrogen and oxygen atoms in total. The second-order valence-corrected chi connectivity index (χ2v) is 6.57. The van der Waals surface area contributed by atoms with E-state index in [9.17, 15) is 9.59 Å². The van der Waals surface area contributed by atoms with Gasteiger partial charge in [-0.2, -0.15) is 0 Å². The zero-order valence-electron chi connectivity index (χ0n) is 13.3. The lowest BCUT2D eigenvalue weighted by molar-refractivity contribution is 0.0692. The Hall–Kier alpha value is -2.18. The summed E-state index contributed by atoms with van der Waals surface area (Å²) in [5.74, 6) is -0.334. The van der Waals surface area contributed by atoms with E-state index in [-0.39, 0.29) is 17.9 Å². The first-order valence-corrected chi connectivity index (χ1v) is 8.61. The Labute approximate surface area is 155 Å². The molecular weight excluding hydrogens is 363 g/mol. The van der Waals surface area contributed by atoms with Gasteiger partial charge >= 0.3 is 0 Å². The maximum atomic E-state index is 12.3. The van der Waals surface area contributed by atoms with Crippen LogP contribution < -0.4 is 5.32 Å². The molecule has 3 rings (SSSR count). The van der Waals surface area contributed by atoms with Gasteiger partial charge in [0.25, 0.3) is 11.8 Å². The van der Waals surface area contributed by atoms with Crippen molar-refractivity contribution in [1.29, 1.82) is 0 Å². The van der Waals surface area contributed by atoms with Crippen LogP contribution in [0.2, 0.25) is 10.0 Å². The minimum Gasteiger partial charge on any atom is -0.349 e. The van der Waals surface area contributed by atoms with Crippen molar-refractivity contribution in [2.75, 3.05) is 13.1 Å². The molecule has 2 heterocycles. The highest BCUT2D eigenvalue weighted by Gasteiger charge is 2.25. The van der Waals surface area contributed by atoms with Crippen LogP contribution in [-0.4, -0.2) is 45.8 Å². The summed E-state index contributed by atoms with van der Waals surface area (Å²) in [6.45, 7) is 1.11. The first kappa shape index (κ1) is 17.6. The average Bonchev–Trinajstić information content (AvgIpc) is 2.64. The van der Waals surface area contributed by atoms with Crippen molar-refractivity contribution in [3.63, 3.8) is 0 Å². The van der Waals surface area contributed by atoms with E-state index in [0.717, 1.165) is 0 Å². The number of piperidine rings is 1. The van der Waals surface area contributed by atoms with Gasteiger partial charge in [0.15, 0.2) is 0 Å². The van der Waals surface area contributed by atoms with E-state index < -0.39 is 0 Å². The predicted octanol–water partition coefficient (Wildman–Crippen LogP) is 2.82. The lowest BCUT2D eigenvalue weighted by Gasteiger charge is -2.32. The van der Waals surface area contributed by atoms with E-state index in [0.29, 0.717) is 47.2 Å². The molecule has 0 aliphatic carbocycles. The monoisotopic (exact) mass is 378 g/mol. The van der Waals surface area contributed by atoms with E-state index in [4.69, 9.17) is 23.2 Å². The Morgan fingerprint density at radius 1 is 1.12 bits per heavy atom. The molecule has 1 aliphatic rings. The third-order valence-corrected chi connectivity index (χ3v) is 4.82. The molecule has 2 amide bonds. The van der Waals surface area contributed by atoms with Crippen molar-refractivity contribution in [2.24, 2.45) is 0 Å². The standard InChI is InChI=1S/C17H16Cl2N4O2/c18-13-2-1-11(9-14(13)19)16(24)22-12-3-7-23(8-4-12)17(25)15-10-20-5-6-21-15/h1-2,5-6,9-10,12H,3-4,7-8H2,(H,22,24). The molecule has 1 aromatic carbocycles. The number of rotatable bonds is 3. The molecule has 0 bridgehead atoms. The zero-order valence-corrected chi connectivity index (χ0v) is 14.8. The van der Waals surface area contributed by atoms with Gasteiger partial charge in [0.2, 0.25) is 0 Å². The van der Waals surface area contributed by atoms with Crippen molar-refractivity contribution in [1.82, 2.24) is 20.2 Å². The summed E-state index contributed by atoms with van der Waals surface area (Å²) < 4.78 is 0. The van der Waals surface area contributed by atoms with E-state index in [1.165, 1.54) is 18.6 Å². The number of carbonyl (C=O) groups is 2. The highest BCUT2D eigenvalue weighted by Crippen LogP contribution is 2.23. The maximum absolute atomic E-state index is 12.3. The Morgan fingerprint density at radius 3 is 2.52 bits per heavy atom. The fraction of sp³-hybridized carbons (Fsp3) is 0.294. The number of nitrogens with zero attached hydrogens (tertiary/aromatic N) is 3. The van der Waals surface area contributed by atoms with Crippen LogP contribution in [0.25, 0.3) is 0 Å². The van der Waals surface area contributed by atoms with Gasteiger partial charge < -0.3 is 10.2 Å². The molecule has 25 heavy (non-hydrogen) atoms. The number of benzene rings is 1. The van der Waals surface area contributed by atoms with Crippen LogP contribution in [-0.2, 0) is 0 Å². The largest absolute Gasteiger partial charge is 0.349 e. The summed E-state index contributed by atoms with van der Waals surface area (Å²) in [6.07, 6.45) is 5.84.